The van der Waals surface area contributed by atoms with Gasteiger partial charge < -0.3 is 48.4 Å². The number of fused-ring (bicyclic) bond motifs is 1. The van der Waals surface area contributed by atoms with Crippen molar-refractivity contribution in [2.75, 3.05) is 78.3 Å². The van der Waals surface area contributed by atoms with Crippen LogP contribution in [-0.4, -0.2) is 113 Å². The van der Waals surface area contributed by atoms with Crippen LogP contribution >= 0.6 is 0 Å². The van der Waals surface area contributed by atoms with Crippen LogP contribution in [-0.2, 0) is 25.6 Å². The quantitative estimate of drug-likeness (QED) is 0.251. The van der Waals surface area contributed by atoms with E-state index in [0.717, 1.165) is 60.7 Å². The SMILES string of the molecule is COCCCCOc1ccc([C@@H]2[C@@H](OCc3ccc4c(c3)N(CCCOC)CCO4)CN(C(=O)O)C[C@H]2OCC(C)O)cc1. The van der Waals surface area contributed by atoms with Gasteiger partial charge in [-0.05, 0) is 61.6 Å². The molecule has 44 heavy (non-hydrogen) atoms. The highest BCUT2D eigenvalue weighted by atomic mass is 16.5. The van der Waals surface area contributed by atoms with Gasteiger partial charge in [-0.25, -0.2) is 4.79 Å². The lowest BCUT2D eigenvalue weighted by Gasteiger charge is -2.43. The van der Waals surface area contributed by atoms with E-state index >= 15 is 0 Å². The van der Waals surface area contributed by atoms with E-state index in [0.29, 0.717) is 33.0 Å². The van der Waals surface area contributed by atoms with Gasteiger partial charge in [0, 0.05) is 39.9 Å². The number of unbranched alkanes of at least 4 members (excludes halogenated alkanes) is 1. The molecule has 0 saturated carbocycles. The number of rotatable bonds is 17. The summed E-state index contributed by atoms with van der Waals surface area (Å²) in [6.45, 7) is 6.70. The van der Waals surface area contributed by atoms with Crippen molar-refractivity contribution in [1.82, 2.24) is 4.90 Å². The first-order valence-electron chi connectivity index (χ1n) is 15.5. The van der Waals surface area contributed by atoms with Crippen molar-refractivity contribution in [3.8, 4) is 11.5 Å². The van der Waals surface area contributed by atoms with Gasteiger partial charge in [0.2, 0.25) is 0 Å². The summed E-state index contributed by atoms with van der Waals surface area (Å²) in [6, 6.07) is 13.9. The van der Waals surface area contributed by atoms with E-state index in [1.165, 1.54) is 4.90 Å². The van der Waals surface area contributed by atoms with Crippen molar-refractivity contribution in [2.45, 2.75) is 57.0 Å². The molecule has 2 aromatic carbocycles. The molecule has 2 aliphatic heterocycles. The van der Waals surface area contributed by atoms with Gasteiger partial charge in [0.1, 0.15) is 18.1 Å². The second kappa shape index (κ2) is 17.4. The largest absolute Gasteiger partial charge is 0.494 e. The lowest BCUT2D eigenvalue weighted by atomic mass is 9.84. The van der Waals surface area contributed by atoms with Crippen molar-refractivity contribution in [3.63, 3.8) is 0 Å². The maximum absolute atomic E-state index is 12.1. The molecule has 1 fully saturated rings. The minimum atomic E-state index is -1.03. The third-order valence-corrected chi connectivity index (χ3v) is 7.92. The highest BCUT2D eigenvalue weighted by Crippen LogP contribution is 2.36. The van der Waals surface area contributed by atoms with E-state index in [2.05, 4.69) is 11.0 Å². The van der Waals surface area contributed by atoms with Gasteiger partial charge in [-0.2, -0.15) is 0 Å². The number of piperidine rings is 1. The molecule has 2 aromatic rings. The van der Waals surface area contributed by atoms with Crippen LogP contribution in [0.4, 0.5) is 10.5 Å². The number of aliphatic hydroxyl groups is 1. The van der Waals surface area contributed by atoms with Crippen molar-refractivity contribution in [3.05, 3.63) is 53.6 Å². The summed E-state index contributed by atoms with van der Waals surface area (Å²) in [7, 11) is 3.40. The molecule has 0 spiro atoms. The second-order valence-electron chi connectivity index (χ2n) is 11.4. The molecule has 0 aliphatic carbocycles. The van der Waals surface area contributed by atoms with Crippen LogP contribution in [0.15, 0.2) is 42.5 Å². The maximum atomic E-state index is 12.1. The topological polar surface area (TPSA) is 119 Å². The summed E-state index contributed by atoms with van der Waals surface area (Å²) in [4.78, 5) is 15.8. The van der Waals surface area contributed by atoms with E-state index in [-0.39, 0.29) is 25.6 Å². The summed E-state index contributed by atoms with van der Waals surface area (Å²) in [5.74, 6) is 1.35. The lowest BCUT2D eigenvalue weighted by molar-refractivity contribution is -0.101. The molecule has 4 rings (SSSR count). The number of hydrogen-bond acceptors (Lipinski definition) is 9. The highest BCUT2D eigenvalue weighted by Gasteiger charge is 2.41. The van der Waals surface area contributed by atoms with Gasteiger partial charge in [0.05, 0.1) is 63.5 Å². The Morgan fingerprint density at radius 3 is 2.39 bits per heavy atom. The number of carbonyl (C=O) groups is 1. The van der Waals surface area contributed by atoms with Crippen LogP contribution in [0.5, 0.6) is 11.5 Å². The first kappa shape index (κ1) is 33.8. The normalized spacial score (nSPS) is 20.6. The third-order valence-electron chi connectivity index (χ3n) is 7.92. The summed E-state index contributed by atoms with van der Waals surface area (Å²) in [5.41, 5.74) is 2.96. The molecule has 1 saturated heterocycles. The van der Waals surface area contributed by atoms with E-state index in [9.17, 15) is 15.0 Å². The molecule has 0 bridgehead atoms. The van der Waals surface area contributed by atoms with E-state index in [1.54, 1.807) is 21.1 Å². The number of hydrogen-bond donors (Lipinski definition) is 2. The van der Waals surface area contributed by atoms with Crippen molar-refractivity contribution >= 4 is 11.8 Å². The predicted octanol–water partition coefficient (Wildman–Crippen LogP) is 4.16. The zero-order valence-electron chi connectivity index (χ0n) is 26.2. The molecule has 4 atom stereocenters. The van der Waals surface area contributed by atoms with Crippen LogP contribution in [0.25, 0.3) is 0 Å². The number of carboxylic acid groups (broad SMARTS) is 1. The summed E-state index contributed by atoms with van der Waals surface area (Å²) in [5, 5.41) is 19.9. The summed E-state index contributed by atoms with van der Waals surface area (Å²) >= 11 is 0. The highest BCUT2D eigenvalue weighted by molar-refractivity contribution is 5.65. The maximum Gasteiger partial charge on any atom is 0.407 e. The van der Waals surface area contributed by atoms with E-state index in [4.69, 9.17) is 28.4 Å². The molecule has 2 heterocycles. The minimum absolute atomic E-state index is 0.0910. The van der Waals surface area contributed by atoms with Gasteiger partial charge in [0.25, 0.3) is 0 Å². The first-order valence-corrected chi connectivity index (χ1v) is 15.5. The second-order valence-corrected chi connectivity index (χ2v) is 11.4. The van der Waals surface area contributed by atoms with Crippen molar-refractivity contribution < 1.29 is 43.4 Å². The Hall–Kier alpha value is -3.09. The molecule has 2 N–H and O–H groups in total. The number of likely N-dealkylation sites (tertiary alicyclic amines) is 1. The summed E-state index contributed by atoms with van der Waals surface area (Å²) < 4.78 is 34.8. The molecule has 1 amide bonds. The first-order chi connectivity index (χ1) is 21.4. The molecule has 11 nitrogen and oxygen atoms in total. The Kier molecular flexibility index (Phi) is 13.4. The Bertz CT molecular complexity index is 1150. The molecule has 0 radical (unpaired) electrons. The van der Waals surface area contributed by atoms with Crippen LogP contribution in [0.2, 0.25) is 0 Å². The van der Waals surface area contributed by atoms with Gasteiger partial charge >= 0.3 is 6.09 Å². The number of nitrogens with zero attached hydrogens (tertiary/aromatic N) is 2. The fraction of sp³-hybridized carbons (Fsp3) is 0.606. The smallest absolute Gasteiger partial charge is 0.407 e. The molecule has 1 unspecified atom stereocenters. The van der Waals surface area contributed by atoms with E-state index < -0.39 is 24.4 Å². The predicted molar refractivity (Wildman–Crippen MR) is 166 cm³/mol. The van der Waals surface area contributed by atoms with Crippen molar-refractivity contribution in [2.24, 2.45) is 0 Å². The number of amides is 1. The van der Waals surface area contributed by atoms with Gasteiger partial charge in [-0.15, -0.1) is 0 Å². The minimum Gasteiger partial charge on any atom is -0.494 e. The number of ether oxygens (including phenoxy) is 6. The fourth-order valence-corrected chi connectivity index (χ4v) is 5.70. The third kappa shape index (κ3) is 9.70. The molecule has 0 aromatic heterocycles. The Morgan fingerprint density at radius 2 is 1.68 bits per heavy atom. The average molecular weight is 617 g/mol. The van der Waals surface area contributed by atoms with E-state index in [1.807, 2.05) is 36.4 Å². The number of anilines is 1. The number of benzene rings is 2. The zero-order valence-corrected chi connectivity index (χ0v) is 26.2. The average Bonchev–Trinajstić information content (AvgIpc) is 3.03. The number of aliphatic hydroxyl groups excluding tert-OH is 1. The lowest BCUT2D eigenvalue weighted by Crippen LogP contribution is -2.54. The Balaban J connectivity index is 1.52. The molecule has 11 heteroatoms. The fourth-order valence-electron chi connectivity index (χ4n) is 5.70. The Morgan fingerprint density at radius 1 is 0.977 bits per heavy atom. The molecular weight excluding hydrogens is 568 g/mol. The number of methoxy groups -OCH3 is 2. The molecule has 244 valence electrons. The Labute approximate surface area is 260 Å². The monoisotopic (exact) mass is 616 g/mol. The van der Waals surface area contributed by atoms with Crippen LogP contribution in [0.3, 0.4) is 0 Å². The molecule has 2 aliphatic rings. The van der Waals surface area contributed by atoms with Gasteiger partial charge in [-0.1, -0.05) is 18.2 Å². The van der Waals surface area contributed by atoms with Gasteiger partial charge in [0.15, 0.2) is 0 Å². The standard InChI is InChI=1S/C33H48N2O9/c1-24(36)22-43-30-20-35(33(37)38)21-31(32(30)26-8-10-27(11-9-26)41-17-5-4-15-39-2)44-23-25-7-12-29-28(19-25)34(14-18-42-29)13-6-16-40-3/h7-12,19,24,30-32,36H,4-6,13-18,20-23H2,1-3H3,(H,37,38)/t24?,30-,31+,32+/m1/s1. The molecular formula is C33H48N2O9. The zero-order chi connectivity index (χ0) is 31.3. The van der Waals surface area contributed by atoms with Crippen molar-refractivity contribution in [1.29, 1.82) is 0 Å². The van der Waals surface area contributed by atoms with Crippen LogP contribution in [0, 0.1) is 0 Å². The van der Waals surface area contributed by atoms with Gasteiger partial charge in [-0.3, -0.25) is 0 Å². The van der Waals surface area contributed by atoms with Crippen LogP contribution in [0.1, 0.15) is 43.2 Å². The van der Waals surface area contributed by atoms with Crippen LogP contribution < -0.4 is 14.4 Å². The summed E-state index contributed by atoms with van der Waals surface area (Å²) in [6.07, 6.45) is 0.0381.